The van der Waals surface area contributed by atoms with Crippen molar-refractivity contribution in [3.05, 3.63) is 35.9 Å². The molecule has 2 N–H and O–H groups in total. The van der Waals surface area contributed by atoms with E-state index in [0.29, 0.717) is 13.2 Å². The van der Waals surface area contributed by atoms with Crippen molar-refractivity contribution in [2.24, 2.45) is 5.73 Å². The van der Waals surface area contributed by atoms with E-state index in [9.17, 15) is 0 Å². The molecule has 2 rings (SSSR count). The molecule has 0 saturated carbocycles. The second-order valence-electron chi connectivity index (χ2n) is 3.80. The molecular formula is C12H17NO2. The third-order valence-corrected chi connectivity index (χ3v) is 2.61. The molecule has 0 bridgehead atoms. The van der Waals surface area contributed by atoms with Crippen molar-refractivity contribution >= 4 is 0 Å². The predicted octanol–water partition coefficient (Wildman–Crippen LogP) is 1.32. The van der Waals surface area contributed by atoms with Gasteiger partial charge in [0.05, 0.1) is 19.3 Å². The average molecular weight is 207 g/mol. The molecule has 1 aliphatic heterocycles. The summed E-state index contributed by atoms with van der Waals surface area (Å²) in [5.74, 6) is 0. The van der Waals surface area contributed by atoms with Crippen molar-refractivity contribution in [1.29, 1.82) is 0 Å². The van der Waals surface area contributed by atoms with E-state index in [1.165, 1.54) is 5.56 Å². The second-order valence-corrected chi connectivity index (χ2v) is 3.80. The van der Waals surface area contributed by atoms with E-state index in [1.807, 2.05) is 18.2 Å². The molecule has 0 radical (unpaired) electrons. The number of hydrogen-bond donors (Lipinski definition) is 1. The maximum atomic E-state index is 5.98. The number of rotatable bonds is 4. The molecule has 3 nitrogen and oxygen atoms in total. The first-order valence-electron chi connectivity index (χ1n) is 5.39. The highest BCUT2D eigenvalue weighted by molar-refractivity contribution is 5.14. The topological polar surface area (TPSA) is 44.5 Å². The number of aryl methyl sites for hydroxylation is 1. The Kier molecular flexibility index (Phi) is 3.72. The van der Waals surface area contributed by atoms with Crippen molar-refractivity contribution in [3.63, 3.8) is 0 Å². The lowest BCUT2D eigenvalue weighted by Crippen LogP contribution is -2.35. The van der Waals surface area contributed by atoms with Crippen LogP contribution in [0.4, 0.5) is 0 Å². The summed E-state index contributed by atoms with van der Waals surface area (Å²) >= 11 is 0. The van der Waals surface area contributed by atoms with Gasteiger partial charge in [-0.1, -0.05) is 30.3 Å². The van der Waals surface area contributed by atoms with Gasteiger partial charge in [0, 0.05) is 0 Å². The Morgan fingerprint density at radius 2 is 1.87 bits per heavy atom. The summed E-state index contributed by atoms with van der Waals surface area (Å²) in [4.78, 5) is 0. The number of hydrogen-bond acceptors (Lipinski definition) is 3. The molecule has 15 heavy (non-hydrogen) atoms. The molecule has 0 aromatic heterocycles. The van der Waals surface area contributed by atoms with Gasteiger partial charge in [0.25, 0.3) is 0 Å². The van der Waals surface area contributed by atoms with Crippen LogP contribution in [-0.4, -0.2) is 25.5 Å². The maximum Gasteiger partial charge on any atom is 0.172 e. The highest BCUT2D eigenvalue weighted by Crippen LogP contribution is 2.12. The van der Waals surface area contributed by atoms with Crippen molar-refractivity contribution in [1.82, 2.24) is 0 Å². The Morgan fingerprint density at radius 3 is 2.53 bits per heavy atom. The van der Waals surface area contributed by atoms with Crippen molar-refractivity contribution in [2.45, 2.75) is 25.2 Å². The molecule has 1 fully saturated rings. The standard InChI is InChI=1S/C12H17NO2/c13-11(12-14-8-9-15-12)7-6-10-4-2-1-3-5-10/h1-5,11-12H,6-9,13H2/t11-/m0/s1. The largest absolute Gasteiger partial charge is 0.349 e. The zero-order valence-electron chi connectivity index (χ0n) is 8.76. The molecule has 0 aliphatic carbocycles. The maximum absolute atomic E-state index is 5.98. The summed E-state index contributed by atoms with van der Waals surface area (Å²) in [6, 6.07) is 10.3. The fraction of sp³-hybridized carbons (Fsp3) is 0.500. The second kappa shape index (κ2) is 5.26. The lowest BCUT2D eigenvalue weighted by Gasteiger charge is -2.17. The fourth-order valence-corrected chi connectivity index (χ4v) is 1.74. The van der Waals surface area contributed by atoms with E-state index in [-0.39, 0.29) is 12.3 Å². The first-order chi connectivity index (χ1) is 7.36. The van der Waals surface area contributed by atoms with Crippen molar-refractivity contribution in [3.8, 4) is 0 Å². The highest BCUT2D eigenvalue weighted by atomic mass is 16.7. The molecule has 1 heterocycles. The molecule has 0 spiro atoms. The molecule has 1 aromatic rings. The van der Waals surface area contributed by atoms with Gasteiger partial charge in [-0.2, -0.15) is 0 Å². The Bertz CT molecular complexity index is 283. The normalized spacial score (nSPS) is 19.3. The smallest absolute Gasteiger partial charge is 0.172 e. The van der Waals surface area contributed by atoms with E-state index in [0.717, 1.165) is 12.8 Å². The van der Waals surface area contributed by atoms with E-state index >= 15 is 0 Å². The van der Waals surface area contributed by atoms with Crippen LogP contribution in [0.15, 0.2) is 30.3 Å². The minimum atomic E-state index is -0.200. The summed E-state index contributed by atoms with van der Waals surface area (Å²) in [7, 11) is 0. The van der Waals surface area contributed by atoms with Gasteiger partial charge in [0.15, 0.2) is 6.29 Å². The van der Waals surface area contributed by atoms with E-state index in [4.69, 9.17) is 15.2 Å². The van der Waals surface area contributed by atoms with E-state index < -0.39 is 0 Å². The molecule has 0 unspecified atom stereocenters. The average Bonchev–Trinajstić information content (AvgIpc) is 2.81. The molecule has 1 aromatic carbocycles. The highest BCUT2D eigenvalue weighted by Gasteiger charge is 2.23. The number of nitrogens with two attached hydrogens (primary N) is 1. The van der Waals surface area contributed by atoms with Gasteiger partial charge in [-0.3, -0.25) is 0 Å². The van der Waals surface area contributed by atoms with Gasteiger partial charge in [-0.25, -0.2) is 0 Å². The zero-order valence-corrected chi connectivity index (χ0v) is 8.76. The van der Waals surface area contributed by atoms with Crippen LogP contribution in [0.5, 0.6) is 0 Å². The fourth-order valence-electron chi connectivity index (χ4n) is 1.74. The molecule has 1 saturated heterocycles. The first-order valence-corrected chi connectivity index (χ1v) is 5.39. The molecule has 0 amide bonds. The Hall–Kier alpha value is -0.900. The first kappa shape index (κ1) is 10.6. The minimum Gasteiger partial charge on any atom is -0.349 e. The van der Waals surface area contributed by atoms with Crippen LogP contribution in [0.2, 0.25) is 0 Å². The van der Waals surface area contributed by atoms with Crippen LogP contribution >= 0.6 is 0 Å². The van der Waals surface area contributed by atoms with Crippen LogP contribution < -0.4 is 5.73 Å². The number of benzene rings is 1. The molecule has 82 valence electrons. The minimum absolute atomic E-state index is 0.0206. The van der Waals surface area contributed by atoms with E-state index in [2.05, 4.69) is 12.1 Å². The Balaban J connectivity index is 1.77. The third kappa shape index (κ3) is 3.02. The molecular weight excluding hydrogens is 190 g/mol. The van der Waals surface area contributed by atoms with E-state index in [1.54, 1.807) is 0 Å². The lowest BCUT2D eigenvalue weighted by atomic mass is 10.1. The van der Waals surface area contributed by atoms with Crippen LogP contribution in [0.1, 0.15) is 12.0 Å². The summed E-state index contributed by atoms with van der Waals surface area (Å²) in [5, 5.41) is 0. The van der Waals surface area contributed by atoms with Gasteiger partial charge in [-0.05, 0) is 18.4 Å². The monoisotopic (exact) mass is 207 g/mol. The van der Waals surface area contributed by atoms with Crippen molar-refractivity contribution in [2.75, 3.05) is 13.2 Å². The van der Waals surface area contributed by atoms with Gasteiger partial charge in [-0.15, -0.1) is 0 Å². The van der Waals surface area contributed by atoms with Gasteiger partial charge in [0.2, 0.25) is 0 Å². The predicted molar refractivity (Wildman–Crippen MR) is 58.4 cm³/mol. The SMILES string of the molecule is N[C@@H](CCc1ccccc1)C1OCCO1. The number of ether oxygens (including phenoxy) is 2. The third-order valence-electron chi connectivity index (χ3n) is 2.61. The summed E-state index contributed by atoms with van der Waals surface area (Å²) in [5.41, 5.74) is 7.29. The van der Waals surface area contributed by atoms with Crippen LogP contribution in [0.3, 0.4) is 0 Å². The van der Waals surface area contributed by atoms with Crippen LogP contribution in [-0.2, 0) is 15.9 Å². The van der Waals surface area contributed by atoms with Gasteiger partial charge < -0.3 is 15.2 Å². The molecule has 1 atom stereocenters. The van der Waals surface area contributed by atoms with Gasteiger partial charge in [0.1, 0.15) is 0 Å². The Labute approximate surface area is 90.2 Å². The van der Waals surface area contributed by atoms with Crippen molar-refractivity contribution < 1.29 is 9.47 Å². The summed E-state index contributed by atoms with van der Waals surface area (Å²) in [6.45, 7) is 1.34. The quantitative estimate of drug-likeness (QED) is 0.809. The van der Waals surface area contributed by atoms with Crippen LogP contribution in [0, 0.1) is 0 Å². The molecule has 1 aliphatic rings. The summed E-state index contributed by atoms with van der Waals surface area (Å²) in [6.07, 6.45) is 1.67. The van der Waals surface area contributed by atoms with Crippen LogP contribution in [0.25, 0.3) is 0 Å². The molecule has 3 heteroatoms. The summed E-state index contributed by atoms with van der Waals surface area (Å²) < 4.78 is 10.7. The zero-order chi connectivity index (χ0) is 10.5. The Morgan fingerprint density at radius 1 is 1.20 bits per heavy atom. The lowest BCUT2D eigenvalue weighted by molar-refractivity contribution is -0.0602. The van der Waals surface area contributed by atoms with Gasteiger partial charge >= 0.3 is 0 Å².